The molecule has 0 fully saturated rings. The summed E-state index contributed by atoms with van der Waals surface area (Å²) in [5.41, 5.74) is 1.87. The zero-order valence-electron chi connectivity index (χ0n) is 10.9. The summed E-state index contributed by atoms with van der Waals surface area (Å²) >= 11 is 1.44. The summed E-state index contributed by atoms with van der Waals surface area (Å²) in [4.78, 5) is 17.4. The molecule has 0 aliphatic carbocycles. The van der Waals surface area contributed by atoms with Gasteiger partial charge in [-0.3, -0.25) is 15.2 Å². The zero-order chi connectivity index (χ0) is 14.1. The number of furan rings is 1. The molecular weight excluding hydrogens is 276 g/mol. The van der Waals surface area contributed by atoms with Gasteiger partial charge in [0.2, 0.25) is 0 Å². The summed E-state index contributed by atoms with van der Waals surface area (Å²) in [7, 11) is 0. The Morgan fingerprint density at radius 2 is 2.30 bits per heavy atom. The summed E-state index contributed by atoms with van der Waals surface area (Å²) in [6, 6.07) is 5.21. The molecule has 3 rings (SSSR count). The Bertz CT molecular complexity index is 723. The number of H-pyrrole nitrogens is 1. The van der Waals surface area contributed by atoms with Gasteiger partial charge in [0.1, 0.15) is 5.69 Å². The second-order valence-corrected chi connectivity index (χ2v) is 5.46. The minimum atomic E-state index is -0.298. The minimum Gasteiger partial charge on any atom is -0.463 e. The van der Waals surface area contributed by atoms with E-state index in [4.69, 9.17) is 4.42 Å². The average molecular weight is 288 g/mol. The molecule has 7 heteroatoms. The fraction of sp³-hybridized carbons (Fsp3) is 0.154. The van der Waals surface area contributed by atoms with Gasteiger partial charge in [-0.15, -0.1) is 11.3 Å². The summed E-state index contributed by atoms with van der Waals surface area (Å²) < 4.78 is 5.24. The van der Waals surface area contributed by atoms with Gasteiger partial charge in [-0.05, 0) is 26.0 Å². The first-order chi connectivity index (χ1) is 9.63. The van der Waals surface area contributed by atoms with Crippen molar-refractivity contribution in [3.05, 3.63) is 40.7 Å². The second kappa shape index (κ2) is 4.93. The largest absolute Gasteiger partial charge is 0.463 e. The van der Waals surface area contributed by atoms with Gasteiger partial charge in [0.25, 0.3) is 5.91 Å². The molecule has 0 radical (unpaired) electrons. The van der Waals surface area contributed by atoms with Crippen molar-refractivity contribution in [1.82, 2.24) is 15.2 Å². The standard InChI is InChI=1S/C13H12N4O2S/c1-7-8(2)20-13(14-7)15-12(18)10-6-9(16-17-10)11-4-3-5-19-11/h3-6H,1-2H3,(H,16,17)(H,14,15,18). The van der Waals surface area contributed by atoms with E-state index in [0.29, 0.717) is 22.3 Å². The van der Waals surface area contributed by atoms with Crippen LogP contribution in [-0.2, 0) is 0 Å². The number of nitrogens with one attached hydrogen (secondary N) is 2. The molecule has 0 bridgehead atoms. The molecule has 0 saturated carbocycles. The van der Waals surface area contributed by atoms with Gasteiger partial charge in [0, 0.05) is 10.9 Å². The lowest BCUT2D eigenvalue weighted by Crippen LogP contribution is -2.12. The third-order valence-electron chi connectivity index (χ3n) is 2.85. The Hall–Kier alpha value is -2.41. The smallest absolute Gasteiger partial charge is 0.277 e. The van der Waals surface area contributed by atoms with Crippen LogP contribution in [0.2, 0.25) is 0 Å². The van der Waals surface area contributed by atoms with E-state index in [1.54, 1.807) is 24.5 Å². The monoisotopic (exact) mass is 288 g/mol. The third kappa shape index (κ3) is 2.35. The molecule has 0 aliphatic rings. The molecule has 102 valence electrons. The molecular formula is C13H12N4O2S. The maximum Gasteiger partial charge on any atom is 0.277 e. The van der Waals surface area contributed by atoms with E-state index in [1.165, 1.54) is 11.3 Å². The molecule has 3 aromatic heterocycles. The summed E-state index contributed by atoms with van der Waals surface area (Å²) in [6.07, 6.45) is 1.57. The Balaban J connectivity index is 1.77. The molecule has 3 heterocycles. The zero-order valence-corrected chi connectivity index (χ0v) is 11.7. The van der Waals surface area contributed by atoms with Crippen molar-refractivity contribution >= 4 is 22.4 Å². The Labute approximate surface area is 118 Å². The first-order valence-corrected chi connectivity index (χ1v) is 6.80. The molecule has 2 N–H and O–H groups in total. The predicted molar refractivity (Wildman–Crippen MR) is 75.8 cm³/mol. The van der Waals surface area contributed by atoms with Crippen molar-refractivity contribution in [3.63, 3.8) is 0 Å². The molecule has 0 unspecified atom stereocenters. The molecule has 3 aromatic rings. The highest BCUT2D eigenvalue weighted by molar-refractivity contribution is 7.15. The maximum atomic E-state index is 12.1. The normalized spacial score (nSPS) is 10.7. The predicted octanol–water partition coefficient (Wildman–Crippen LogP) is 3.00. The van der Waals surface area contributed by atoms with Gasteiger partial charge >= 0.3 is 0 Å². The lowest BCUT2D eigenvalue weighted by atomic mass is 10.3. The van der Waals surface area contributed by atoms with Crippen LogP contribution in [0.3, 0.4) is 0 Å². The van der Waals surface area contributed by atoms with Crippen molar-refractivity contribution in [2.45, 2.75) is 13.8 Å². The van der Waals surface area contributed by atoms with Crippen LogP contribution in [0.25, 0.3) is 11.5 Å². The highest BCUT2D eigenvalue weighted by Crippen LogP contribution is 2.22. The number of aryl methyl sites for hydroxylation is 2. The number of aromatic nitrogens is 3. The first kappa shape index (κ1) is 12.6. The fourth-order valence-corrected chi connectivity index (χ4v) is 2.49. The average Bonchev–Trinajstić information content (AvgIpc) is 3.12. The number of thiazole rings is 1. The quantitative estimate of drug-likeness (QED) is 0.776. The van der Waals surface area contributed by atoms with Crippen molar-refractivity contribution in [2.24, 2.45) is 0 Å². The number of aromatic amines is 1. The van der Waals surface area contributed by atoms with Crippen LogP contribution in [0.5, 0.6) is 0 Å². The van der Waals surface area contributed by atoms with E-state index in [2.05, 4.69) is 20.5 Å². The SMILES string of the molecule is Cc1nc(NC(=O)c2cc(-c3ccco3)[nH]n2)sc1C. The molecule has 0 aliphatic heterocycles. The molecule has 20 heavy (non-hydrogen) atoms. The number of amides is 1. The summed E-state index contributed by atoms with van der Waals surface area (Å²) in [5, 5.41) is 10.1. The highest BCUT2D eigenvalue weighted by Gasteiger charge is 2.14. The van der Waals surface area contributed by atoms with E-state index < -0.39 is 0 Å². The number of hydrogen-bond donors (Lipinski definition) is 2. The van der Waals surface area contributed by atoms with Crippen LogP contribution in [0.1, 0.15) is 21.1 Å². The maximum absolute atomic E-state index is 12.1. The van der Waals surface area contributed by atoms with Crippen molar-refractivity contribution in [3.8, 4) is 11.5 Å². The van der Waals surface area contributed by atoms with Gasteiger partial charge in [-0.25, -0.2) is 4.98 Å². The molecule has 0 saturated heterocycles. The molecule has 6 nitrogen and oxygen atoms in total. The summed E-state index contributed by atoms with van der Waals surface area (Å²) in [5.74, 6) is 0.338. The number of hydrogen-bond acceptors (Lipinski definition) is 5. The van der Waals surface area contributed by atoms with Crippen LogP contribution in [0.4, 0.5) is 5.13 Å². The van der Waals surface area contributed by atoms with Crippen LogP contribution in [0.15, 0.2) is 28.9 Å². The lowest BCUT2D eigenvalue weighted by molar-refractivity contribution is 0.102. The minimum absolute atomic E-state index is 0.293. The van der Waals surface area contributed by atoms with Gasteiger partial charge in [0.15, 0.2) is 16.6 Å². The van der Waals surface area contributed by atoms with Gasteiger partial charge < -0.3 is 4.42 Å². The Morgan fingerprint density at radius 3 is 2.95 bits per heavy atom. The van der Waals surface area contributed by atoms with Crippen molar-refractivity contribution in [2.75, 3.05) is 5.32 Å². The van der Waals surface area contributed by atoms with E-state index in [-0.39, 0.29) is 5.91 Å². The fourth-order valence-electron chi connectivity index (χ4n) is 1.68. The van der Waals surface area contributed by atoms with Crippen LogP contribution < -0.4 is 5.32 Å². The Morgan fingerprint density at radius 1 is 1.45 bits per heavy atom. The number of carbonyl (C=O) groups excluding carboxylic acids is 1. The second-order valence-electron chi connectivity index (χ2n) is 4.26. The lowest BCUT2D eigenvalue weighted by Gasteiger charge is -1.96. The van der Waals surface area contributed by atoms with Crippen molar-refractivity contribution < 1.29 is 9.21 Å². The topological polar surface area (TPSA) is 83.8 Å². The van der Waals surface area contributed by atoms with Gasteiger partial charge in [0.05, 0.1) is 12.0 Å². The third-order valence-corrected chi connectivity index (χ3v) is 3.83. The molecule has 0 atom stereocenters. The van der Waals surface area contributed by atoms with Crippen LogP contribution in [0, 0.1) is 13.8 Å². The Kier molecular flexibility index (Phi) is 3.11. The highest BCUT2D eigenvalue weighted by atomic mass is 32.1. The molecule has 1 amide bonds. The summed E-state index contributed by atoms with van der Waals surface area (Å²) in [6.45, 7) is 3.87. The molecule has 0 spiro atoms. The number of rotatable bonds is 3. The number of nitrogens with zero attached hydrogens (tertiary/aromatic N) is 2. The van der Waals surface area contributed by atoms with Gasteiger partial charge in [-0.2, -0.15) is 5.10 Å². The van der Waals surface area contributed by atoms with Crippen LogP contribution >= 0.6 is 11.3 Å². The van der Waals surface area contributed by atoms with Gasteiger partial charge in [-0.1, -0.05) is 0 Å². The van der Waals surface area contributed by atoms with Crippen LogP contribution in [-0.4, -0.2) is 21.1 Å². The van der Waals surface area contributed by atoms with E-state index in [0.717, 1.165) is 10.6 Å². The van der Waals surface area contributed by atoms with E-state index >= 15 is 0 Å². The molecule has 0 aromatic carbocycles. The first-order valence-electron chi connectivity index (χ1n) is 5.98. The van der Waals surface area contributed by atoms with E-state index in [1.807, 2.05) is 13.8 Å². The van der Waals surface area contributed by atoms with E-state index in [9.17, 15) is 4.79 Å². The van der Waals surface area contributed by atoms with Crippen molar-refractivity contribution in [1.29, 1.82) is 0 Å². The number of carbonyl (C=O) groups is 1. The number of anilines is 1.